The van der Waals surface area contributed by atoms with Gasteiger partial charge in [0.1, 0.15) is 5.75 Å². The molecule has 0 spiro atoms. The van der Waals surface area contributed by atoms with Gasteiger partial charge in [0, 0.05) is 0 Å². The number of aryl methyl sites for hydroxylation is 1. The Labute approximate surface area is 72.1 Å². The Bertz CT molecular complexity index is 368. The number of para-hydroxylation sites is 1. The third-order valence-electron chi connectivity index (χ3n) is 1.33. The summed E-state index contributed by atoms with van der Waals surface area (Å²) in [6.07, 6.45) is 1.03. The third-order valence-corrected chi connectivity index (χ3v) is 1.82. The van der Waals surface area contributed by atoms with Gasteiger partial charge < -0.3 is 4.18 Å². The van der Waals surface area contributed by atoms with Crippen LogP contribution in [0, 0.1) is 6.92 Å². The number of hydrogen-bond acceptors (Lipinski definition) is 3. The van der Waals surface area contributed by atoms with Gasteiger partial charge in [0.25, 0.3) is 0 Å². The van der Waals surface area contributed by atoms with Crippen LogP contribution in [0.25, 0.3) is 0 Å². The van der Waals surface area contributed by atoms with Crippen LogP contribution in [0.4, 0.5) is 0 Å². The van der Waals surface area contributed by atoms with Gasteiger partial charge in [0.15, 0.2) is 0 Å². The summed E-state index contributed by atoms with van der Waals surface area (Å²) >= 11 is 0. The molecule has 0 amide bonds. The Morgan fingerprint density at radius 1 is 1.25 bits per heavy atom. The lowest BCUT2D eigenvalue weighted by Crippen LogP contribution is -2.06. The van der Waals surface area contributed by atoms with E-state index >= 15 is 0 Å². The van der Waals surface area contributed by atoms with E-state index in [0.29, 0.717) is 5.75 Å². The molecule has 0 bridgehead atoms. The lowest BCUT2D eigenvalue weighted by atomic mass is 10.2. The van der Waals surface area contributed by atoms with Crippen LogP contribution in [-0.2, 0) is 10.1 Å². The minimum atomic E-state index is -3.40. The summed E-state index contributed by atoms with van der Waals surface area (Å²) in [6, 6.07) is 6.97. The molecule has 0 radical (unpaired) electrons. The van der Waals surface area contributed by atoms with Crippen LogP contribution in [0.5, 0.6) is 5.75 Å². The Kier molecular flexibility index (Phi) is 2.38. The van der Waals surface area contributed by atoms with Gasteiger partial charge in [0.2, 0.25) is 0 Å². The molecule has 0 N–H and O–H groups in total. The van der Waals surface area contributed by atoms with Crippen molar-refractivity contribution < 1.29 is 12.6 Å². The fourth-order valence-electron chi connectivity index (χ4n) is 0.813. The second kappa shape index (κ2) is 3.15. The highest BCUT2D eigenvalue weighted by Crippen LogP contribution is 2.17. The van der Waals surface area contributed by atoms with Crippen LogP contribution in [0.15, 0.2) is 24.3 Å². The van der Waals surface area contributed by atoms with Crippen molar-refractivity contribution in [2.45, 2.75) is 6.92 Å². The monoisotopic (exact) mass is 186 g/mol. The maximum atomic E-state index is 10.7. The Morgan fingerprint density at radius 3 is 2.33 bits per heavy atom. The van der Waals surface area contributed by atoms with Gasteiger partial charge >= 0.3 is 10.1 Å². The van der Waals surface area contributed by atoms with Crippen molar-refractivity contribution in [1.82, 2.24) is 0 Å². The van der Waals surface area contributed by atoms with Crippen LogP contribution in [-0.4, -0.2) is 14.7 Å². The second-order valence-electron chi connectivity index (χ2n) is 2.55. The molecule has 0 unspecified atom stereocenters. The average molecular weight is 186 g/mol. The summed E-state index contributed by atoms with van der Waals surface area (Å²) in [5, 5.41) is 0. The number of benzene rings is 1. The third kappa shape index (κ3) is 2.54. The molecule has 1 aromatic rings. The van der Waals surface area contributed by atoms with E-state index < -0.39 is 10.1 Å². The zero-order valence-corrected chi connectivity index (χ0v) is 7.76. The van der Waals surface area contributed by atoms with E-state index in [4.69, 9.17) is 4.18 Å². The van der Waals surface area contributed by atoms with Crippen molar-refractivity contribution in [1.29, 1.82) is 0 Å². The zero-order valence-electron chi connectivity index (χ0n) is 6.94. The maximum Gasteiger partial charge on any atom is 0.306 e. The smallest absolute Gasteiger partial charge is 0.306 e. The molecule has 66 valence electrons. The van der Waals surface area contributed by atoms with Gasteiger partial charge in [-0.15, -0.1) is 0 Å². The van der Waals surface area contributed by atoms with Gasteiger partial charge in [-0.25, -0.2) is 0 Å². The Morgan fingerprint density at radius 2 is 1.83 bits per heavy atom. The molecule has 0 heterocycles. The molecular weight excluding hydrogens is 176 g/mol. The fraction of sp³-hybridized carbons (Fsp3) is 0.250. The molecule has 0 saturated heterocycles. The SMILES string of the molecule is Cc1ccccc1OS(C)(=O)=O. The highest BCUT2D eigenvalue weighted by molar-refractivity contribution is 7.86. The average Bonchev–Trinajstić information content (AvgIpc) is 1.91. The van der Waals surface area contributed by atoms with Crippen molar-refractivity contribution in [2.75, 3.05) is 6.26 Å². The van der Waals surface area contributed by atoms with E-state index in [2.05, 4.69) is 0 Å². The highest BCUT2D eigenvalue weighted by atomic mass is 32.2. The van der Waals surface area contributed by atoms with Crippen LogP contribution in [0.2, 0.25) is 0 Å². The molecular formula is C8H10O3S. The molecule has 0 aliphatic rings. The molecule has 0 aromatic heterocycles. The van der Waals surface area contributed by atoms with Crippen LogP contribution >= 0.6 is 0 Å². The summed E-state index contributed by atoms with van der Waals surface area (Å²) in [4.78, 5) is 0. The lowest BCUT2D eigenvalue weighted by Gasteiger charge is -2.04. The zero-order chi connectivity index (χ0) is 9.19. The molecule has 1 aromatic carbocycles. The Balaban J connectivity index is 2.98. The first kappa shape index (κ1) is 9.06. The summed E-state index contributed by atoms with van der Waals surface area (Å²) < 4.78 is 26.2. The van der Waals surface area contributed by atoms with E-state index in [1.807, 2.05) is 6.07 Å². The van der Waals surface area contributed by atoms with Gasteiger partial charge in [0.05, 0.1) is 6.26 Å². The van der Waals surface area contributed by atoms with Gasteiger partial charge in [-0.1, -0.05) is 18.2 Å². The molecule has 12 heavy (non-hydrogen) atoms. The van der Waals surface area contributed by atoms with Gasteiger partial charge in [-0.2, -0.15) is 8.42 Å². The van der Waals surface area contributed by atoms with Crippen LogP contribution in [0.1, 0.15) is 5.56 Å². The summed E-state index contributed by atoms with van der Waals surface area (Å²) in [5.74, 6) is 0.389. The van der Waals surface area contributed by atoms with E-state index in [0.717, 1.165) is 11.8 Å². The quantitative estimate of drug-likeness (QED) is 0.654. The summed E-state index contributed by atoms with van der Waals surface area (Å²) in [7, 11) is -3.40. The second-order valence-corrected chi connectivity index (χ2v) is 4.13. The molecule has 0 atom stereocenters. The Hall–Kier alpha value is -1.03. The van der Waals surface area contributed by atoms with E-state index in [-0.39, 0.29) is 0 Å². The van der Waals surface area contributed by atoms with Crippen LogP contribution < -0.4 is 4.18 Å². The number of hydrogen-bond donors (Lipinski definition) is 0. The standard InChI is InChI=1S/C8H10O3S/c1-7-5-3-4-6-8(7)11-12(2,9)10/h3-6H,1-2H3. The van der Waals surface area contributed by atoms with Crippen molar-refractivity contribution in [3.05, 3.63) is 29.8 Å². The van der Waals surface area contributed by atoms with Crippen molar-refractivity contribution in [2.24, 2.45) is 0 Å². The fourth-order valence-corrected chi connectivity index (χ4v) is 1.33. The first-order chi connectivity index (χ1) is 5.49. The predicted octanol–water partition coefficient (Wildman–Crippen LogP) is 1.33. The predicted molar refractivity (Wildman–Crippen MR) is 46.7 cm³/mol. The van der Waals surface area contributed by atoms with Crippen LogP contribution in [0.3, 0.4) is 0 Å². The molecule has 0 aliphatic carbocycles. The first-order valence-corrected chi connectivity index (χ1v) is 5.26. The van der Waals surface area contributed by atoms with Crippen molar-refractivity contribution in [3.63, 3.8) is 0 Å². The molecule has 0 fully saturated rings. The van der Waals surface area contributed by atoms with E-state index in [1.54, 1.807) is 25.1 Å². The molecule has 4 heteroatoms. The van der Waals surface area contributed by atoms with E-state index in [1.165, 1.54) is 0 Å². The maximum absolute atomic E-state index is 10.7. The molecule has 3 nitrogen and oxygen atoms in total. The van der Waals surface area contributed by atoms with Gasteiger partial charge in [-0.05, 0) is 18.6 Å². The molecule has 0 saturated carbocycles. The molecule has 0 aliphatic heterocycles. The molecule has 1 rings (SSSR count). The topological polar surface area (TPSA) is 43.4 Å². The summed E-state index contributed by atoms with van der Waals surface area (Å²) in [5.41, 5.74) is 0.808. The first-order valence-electron chi connectivity index (χ1n) is 3.44. The van der Waals surface area contributed by atoms with E-state index in [9.17, 15) is 8.42 Å². The minimum absolute atomic E-state index is 0.389. The largest absolute Gasteiger partial charge is 0.382 e. The van der Waals surface area contributed by atoms with Crippen molar-refractivity contribution >= 4 is 10.1 Å². The number of rotatable bonds is 2. The summed E-state index contributed by atoms with van der Waals surface area (Å²) in [6.45, 7) is 1.79. The van der Waals surface area contributed by atoms with Gasteiger partial charge in [-0.3, -0.25) is 0 Å². The highest BCUT2D eigenvalue weighted by Gasteiger charge is 2.05. The minimum Gasteiger partial charge on any atom is -0.382 e. The lowest BCUT2D eigenvalue weighted by molar-refractivity contribution is 0.491. The normalized spacial score (nSPS) is 11.2. The van der Waals surface area contributed by atoms with Crippen molar-refractivity contribution in [3.8, 4) is 5.75 Å².